The third-order valence-corrected chi connectivity index (χ3v) is 2.08. The number of amides is 1. The molecule has 5 nitrogen and oxygen atoms in total. The van der Waals surface area contributed by atoms with E-state index in [1.165, 1.54) is 6.92 Å². The molecule has 0 spiro atoms. The normalized spacial score (nSPS) is 12.3. The van der Waals surface area contributed by atoms with E-state index in [2.05, 4.69) is 5.32 Å². The van der Waals surface area contributed by atoms with E-state index in [1.807, 2.05) is 0 Å². The van der Waals surface area contributed by atoms with Gasteiger partial charge in [0.05, 0.1) is 12.1 Å². The van der Waals surface area contributed by atoms with Crippen LogP contribution in [0.1, 0.15) is 13.3 Å². The Morgan fingerprint density at radius 1 is 1.38 bits per heavy atom. The van der Waals surface area contributed by atoms with E-state index in [9.17, 15) is 9.59 Å². The first-order chi connectivity index (χ1) is 7.66. The van der Waals surface area contributed by atoms with Gasteiger partial charge in [0.2, 0.25) is 12.7 Å². The average Bonchev–Trinajstić information content (AvgIpc) is 2.65. The number of fused-ring (bicyclic) bond motifs is 1. The molecule has 0 saturated heterocycles. The minimum absolute atomic E-state index is 0.134. The molecule has 1 amide bonds. The van der Waals surface area contributed by atoms with Crippen molar-refractivity contribution in [1.82, 2.24) is 0 Å². The molecule has 0 fully saturated rings. The number of carbonyl (C=O) groups excluding carboxylic acids is 2. The highest BCUT2D eigenvalue weighted by Crippen LogP contribution is 2.38. The number of anilines is 1. The second-order valence-electron chi connectivity index (χ2n) is 3.47. The van der Waals surface area contributed by atoms with Crippen LogP contribution >= 0.6 is 0 Å². The molecule has 1 aromatic rings. The summed E-state index contributed by atoms with van der Waals surface area (Å²) in [5.74, 6) is 0.582. The zero-order valence-electron chi connectivity index (χ0n) is 8.78. The van der Waals surface area contributed by atoms with E-state index in [0.29, 0.717) is 17.2 Å². The first kappa shape index (κ1) is 10.5. The van der Waals surface area contributed by atoms with Crippen molar-refractivity contribution < 1.29 is 19.1 Å². The molecular weight excluding hydrogens is 210 g/mol. The Labute approximate surface area is 92.4 Å². The van der Waals surface area contributed by atoms with Crippen LogP contribution < -0.4 is 14.8 Å². The van der Waals surface area contributed by atoms with Crippen molar-refractivity contribution in [1.29, 1.82) is 0 Å². The molecule has 1 aliphatic rings. The molecular formula is C11H11NO4. The minimum atomic E-state index is -0.351. The molecule has 16 heavy (non-hydrogen) atoms. The van der Waals surface area contributed by atoms with Gasteiger partial charge in [0.15, 0.2) is 11.5 Å². The van der Waals surface area contributed by atoms with Gasteiger partial charge < -0.3 is 14.8 Å². The SMILES string of the molecule is CC(=O)CC(=O)Nc1cccc2c1OCO2. The number of carbonyl (C=O) groups is 2. The molecule has 0 atom stereocenters. The lowest BCUT2D eigenvalue weighted by Gasteiger charge is -2.06. The van der Waals surface area contributed by atoms with E-state index in [0.717, 1.165) is 0 Å². The maximum atomic E-state index is 11.4. The van der Waals surface area contributed by atoms with Crippen LogP contribution in [0.3, 0.4) is 0 Å². The van der Waals surface area contributed by atoms with Gasteiger partial charge in [0, 0.05) is 0 Å². The number of hydrogen-bond donors (Lipinski definition) is 1. The number of hydrogen-bond acceptors (Lipinski definition) is 4. The fraction of sp³-hybridized carbons (Fsp3) is 0.273. The summed E-state index contributed by atoms with van der Waals surface area (Å²) in [6, 6.07) is 5.20. The number of para-hydroxylation sites is 1. The van der Waals surface area contributed by atoms with Crippen LogP contribution in [0.15, 0.2) is 18.2 Å². The molecule has 1 heterocycles. The Morgan fingerprint density at radius 2 is 2.19 bits per heavy atom. The smallest absolute Gasteiger partial charge is 0.231 e. The van der Waals surface area contributed by atoms with Gasteiger partial charge in [0.25, 0.3) is 0 Å². The molecule has 0 radical (unpaired) electrons. The molecule has 0 aliphatic carbocycles. The Morgan fingerprint density at radius 3 is 2.94 bits per heavy atom. The molecule has 1 aliphatic heterocycles. The quantitative estimate of drug-likeness (QED) is 0.782. The average molecular weight is 221 g/mol. The summed E-state index contributed by atoms with van der Waals surface area (Å²) in [5.41, 5.74) is 0.529. The Bertz CT molecular complexity index is 442. The van der Waals surface area contributed by atoms with Crippen molar-refractivity contribution in [3.63, 3.8) is 0 Å². The van der Waals surface area contributed by atoms with E-state index in [4.69, 9.17) is 9.47 Å². The molecule has 0 unspecified atom stereocenters. The maximum Gasteiger partial charge on any atom is 0.231 e. The van der Waals surface area contributed by atoms with Crippen LogP contribution in [0.2, 0.25) is 0 Å². The van der Waals surface area contributed by atoms with Gasteiger partial charge in [-0.25, -0.2) is 0 Å². The number of ether oxygens (including phenoxy) is 2. The summed E-state index contributed by atoms with van der Waals surface area (Å²) in [7, 11) is 0. The van der Waals surface area contributed by atoms with Gasteiger partial charge in [-0.1, -0.05) is 6.07 Å². The van der Waals surface area contributed by atoms with Crippen LogP contribution in [-0.2, 0) is 9.59 Å². The Balaban J connectivity index is 2.13. The lowest BCUT2D eigenvalue weighted by Crippen LogP contribution is -2.15. The Hall–Kier alpha value is -2.04. The number of ketones is 1. The molecule has 84 valence electrons. The van der Waals surface area contributed by atoms with Gasteiger partial charge >= 0.3 is 0 Å². The number of benzene rings is 1. The second kappa shape index (κ2) is 4.22. The van der Waals surface area contributed by atoms with Crippen molar-refractivity contribution in [3.8, 4) is 11.5 Å². The standard InChI is InChI=1S/C11H11NO4/c1-7(13)5-10(14)12-8-3-2-4-9-11(8)16-6-15-9/h2-4H,5-6H2,1H3,(H,12,14). The van der Waals surface area contributed by atoms with Crippen LogP contribution in [0.4, 0.5) is 5.69 Å². The third-order valence-electron chi connectivity index (χ3n) is 2.08. The summed E-state index contributed by atoms with van der Waals surface area (Å²) in [5, 5.41) is 2.61. The summed E-state index contributed by atoms with van der Waals surface area (Å²) in [6.45, 7) is 1.52. The van der Waals surface area contributed by atoms with Gasteiger partial charge in [0.1, 0.15) is 5.78 Å². The first-order valence-corrected chi connectivity index (χ1v) is 4.84. The number of rotatable bonds is 3. The third kappa shape index (κ3) is 2.13. The fourth-order valence-electron chi connectivity index (χ4n) is 1.45. The van der Waals surface area contributed by atoms with Gasteiger partial charge in [-0.3, -0.25) is 9.59 Å². The van der Waals surface area contributed by atoms with Gasteiger partial charge in [-0.2, -0.15) is 0 Å². The van der Waals surface area contributed by atoms with E-state index in [1.54, 1.807) is 18.2 Å². The summed E-state index contributed by atoms with van der Waals surface area (Å²) < 4.78 is 10.4. The van der Waals surface area contributed by atoms with Crippen molar-refractivity contribution in [2.75, 3.05) is 12.1 Å². The molecule has 0 saturated carbocycles. The summed E-state index contributed by atoms with van der Waals surface area (Å²) >= 11 is 0. The first-order valence-electron chi connectivity index (χ1n) is 4.84. The molecule has 1 aromatic carbocycles. The van der Waals surface area contributed by atoms with Crippen molar-refractivity contribution in [2.45, 2.75) is 13.3 Å². The van der Waals surface area contributed by atoms with Crippen LogP contribution in [-0.4, -0.2) is 18.5 Å². The van der Waals surface area contributed by atoms with Crippen LogP contribution in [0.5, 0.6) is 11.5 Å². The summed E-state index contributed by atoms with van der Waals surface area (Å²) in [4.78, 5) is 22.2. The highest BCUT2D eigenvalue weighted by Gasteiger charge is 2.18. The second-order valence-corrected chi connectivity index (χ2v) is 3.47. The van der Waals surface area contributed by atoms with Gasteiger partial charge in [-0.05, 0) is 19.1 Å². The zero-order valence-corrected chi connectivity index (χ0v) is 8.78. The number of nitrogens with one attached hydrogen (secondary N) is 1. The predicted octanol–water partition coefficient (Wildman–Crippen LogP) is 1.33. The fourth-order valence-corrected chi connectivity index (χ4v) is 1.45. The Kier molecular flexibility index (Phi) is 2.76. The predicted molar refractivity (Wildman–Crippen MR) is 56.5 cm³/mol. The van der Waals surface area contributed by atoms with Crippen molar-refractivity contribution in [2.24, 2.45) is 0 Å². The van der Waals surface area contributed by atoms with E-state index < -0.39 is 0 Å². The lowest BCUT2D eigenvalue weighted by atomic mass is 10.2. The molecule has 0 aromatic heterocycles. The summed E-state index contributed by atoms with van der Waals surface area (Å²) in [6.07, 6.45) is -0.134. The van der Waals surface area contributed by atoms with Crippen LogP contribution in [0, 0.1) is 0 Å². The topological polar surface area (TPSA) is 64.6 Å². The van der Waals surface area contributed by atoms with Crippen LogP contribution in [0.25, 0.3) is 0 Å². The van der Waals surface area contributed by atoms with Crippen molar-refractivity contribution in [3.05, 3.63) is 18.2 Å². The highest BCUT2D eigenvalue weighted by molar-refractivity contribution is 6.04. The number of Topliss-reactive ketones (excluding diaryl/α,β-unsaturated/α-hetero) is 1. The molecule has 5 heteroatoms. The molecule has 0 bridgehead atoms. The highest BCUT2D eigenvalue weighted by atomic mass is 16.7. The van der Waals surface area contributed by atoms with Gasteiger partial charge in [-0.15, -0.1) is 0 Å². The monoisotopic (exact) mass is 221 g/mol. The lowest BCUT2D eigenvalue weighted by molar-refractivity contribution is -0.124. The molecule has 2 rings (SSSR count). The zero-order chi connectivity index (χ0) is 11.5. The maximum absolute atomic E-state index is 11.4. The minimum Gasteiger partial charge on any atom is -0.454 e. The van der Waals surface area contributed by atoms with Crippen molar-refractivity contribution >= 4 is 17.4 Å². The van der Waals surface area contributed by atoms with E-state index in [-0.39, 0.29) is 24.9 Å². The largest absolute Gasteiger partial charge is 0.454 e. The molecule has 1 N–H and O–H groups in total. The van der Waals surface area contributed by atoms with E-state index >= 15 is 0 Å².